The van der Waals surface area contributed by atoms with Crippen molar-refractivity contribution in [2.75, 3.05) is 32.7 Å². The molecule has 4 amide bonds. The molecule has 0 aromatic rings. The van der Waals surface area contributed by atoms with Crippen LogP contribution < -0.4 is 0 Å². The molecule has 3 rings (SSSR count). The maximum Gasteiger partial charge on any atom is 0.332 e. The maximum absolute atomic E-state index is 12.4. The van der Waals surface area contributed by atoms with Gasteiger partial charge in [-0.1, -0.05) is 0 Å². The highest BCUT2D eigenvalue weighted by molar-refractivity contribution is 6.04. The minimum absolute atomic E-state index is 0.146. The lowest BCUT2D eigenvalue weighted by atomic mass is 10.1. The third-order valence-corrected chi connectivity index (χ3v) is 4.96. The van der Waals surface area contributed by atoms with Gasteiger partial charge in [-0.2, -0.15) is 0 Å². The summed E-state index contributed by atoms with van der Waals surface area (Å²) in [7, 11) is 0. The molecule has 0 aromatic heterocycles. The summed E-state index contributed by atoms with van der Waals surface area (Å²) in [6.45, 7) is 0.970. The second-order valence-corrected chi connectivity index (χ2v) is 6.61. The van der Waals surface area contributed by atoms with Crippen molar-refractivity contribution in [1.29, 1.82) is 0 Å². The SMILES string of the molecule is O=C(O)[C@H]1CC[C@@H](C(=O)N2CCN(C(=O)CN3C(=O)CCC3=O)CC2)O1. The number of carbonyl (C=O) groups excluding carboxylic acids is 4. The molecule has 3 aliphatic heterocycles. The largest absolute Gasteiger partial charge is 0.479 e. The Bertz CT molecular complexity index is 626. The van der Waals surface area contributed by atoms with Gasteiger partial charge >= 0.3 is 5.97 Å². The number of likely N-dealkylation sites (tertiary alicyclic amines) is 1. The minimum Gasteiger partial charge on any atom is -0.479 e. The van der Waals surface area contributed by atoms with E-state index in [0.29, 0.717) is 39.0 Å². The lowest BCUT2D eigenvalue weighted by molar-refractivity contribution is -0.156. The summed E-state index contributed by atoms with van der Waals surface area (Å²) in [4.78, 5) is 62.9. The third-order valence-electron chi connectivity index (χ3n) is 4.96. The van der Waals surface area contributed by atoms with E-state index in [9.17, 15) is 24.0 Å². The van der Waals surface area contributed by atoms with E-state index < -0.39 is 18.2 Å². The zero-order chi connectivity index (χ0) is 18.8. The van der Waals surface area contributed by atoms with E-state index in [1.54, 1.807) is 4.90 Å². The van der Waals surface area contributed by atoms with Gasteiger partial charge in [0.05, 0.1) is 0 Å². The van der Waals surface area contributed by atoms with E-state index >= 15 is 0 Å². The van der Waals surface area contributed by atoms with Crippen molar-refractivity contribution in [3.63, 3.8) is 0 Å². The number of rotatable bonds is 4. The number of hydrogen-bond donors (Lipinski definition) is 1. The number of imide groups is 1. The van der Waals surface area contributed by atoms with Gasteiger partial charge < -0.3 is 19.6 Å². The highest BCUT2D eigenvalue weighted by Gasteiger charge is 2.38. The number of nitrogens with zero attached hydrogens (tertiary/aromatic N) is 3. The van der Waals surface area contributed by atoms with Crippen LogP contribution in [-0.2, 0) is 28.7 Å². The number of carbonyl (C=O) groups is 5. The lowest BCUT2D eigenvalue weighted by Gasteiger charge is -2.36. The van der Waals surface area contributed by atoms with Crippen LogP contribution in [0.1, 0.15) is 25.7 Å². The van der Waals surface area contributed by atoms with Crippen LogP contribution in [0.5, 0.6) is 0 Å². The Hall–Kier alpha value is -2.49. The molecule has 0 aliphatic carbocycles. The van der Waals surface area contributed by atoms with Gasteiger partial charge in [0.2, 0.25) is 17.7 Å². The summed E-state index contributed by atoms with van der Waals surface area (Å²) in [5.41, 5.74) is 0. The Morgan fingerprint density at radius 2 is 1.46 bits per heavy atom. The molecule has 0 saturated carbocycles. The predicted octanol–water partition coefficient (Wildman–Crippen LogP) is -1.56. The van der Waals surface area contributed by atoms with Crippen molar-refractivity contribution in [1.82, 2.24) is 14.7 Å². The summed E-state index contributed by atoms with van der Waals surface area (Å²) in [5.74, 6) is -2.30. The van der Waals surface area contributed by atoms with Crippen LogP contribution in [0.15, 0.2) is 0 Å². The molecule has 0 spiro atoms. The van der Waals surface area contributed by atoms with E-state index in [4.69, 9.17) is 9.84 Å². The Labute approximate surface area is 149 Å². The number of piperazine rings is 1. The minimum atomic E-state index is -1.07. The second kappa shape index (κ2) is 7.40. The summed E-state index contributed by atoms with van der Waals surface area (Å²) in [6, 6.07) is 0. The molecule has 0 bridgehead atoms. The van der Waals surface area contributed by atoms with Crippen molar-refractivity contribution < 1.29 is 33.8 Å². The van der Waals surface area contributed by atoms with E-state index in [2.05, 4.69) is 0 Å². The second-order valence-electron chi connectivity index (χ2n) is 6.61. The molecule has 3 fully saturated rings. The van der Waals surface area contributed by atoms with E-state index in [0.717, 1.165) is 4.90 Å². The van der Waals surface area contributed by atoms with Crippen LogP contribution in [0.3, 0.4) is 0 Å². The Balaban J connectivity index is 1.47. The molecular formula is C16H21N3O7. The van der Waals surface area contributed by atoms with Crippen molar-refractivity contribution >= 4 is 29.6 Å². The Morgan fingerprint density at radius 1 is 0.923 bits per heavy atom. The normalized spacial score (nSPS) is 26.5. The maximum atomic E-state index is 12.4. The first-order valence-corrected chi connectivity index (χ1v) is 8.65. The summed E-state index contributed by atoms with van der Waals surface area (Å²) >= 11 is 0. The van der Waals surface area contributed by atoms with Crippen LogP contribution >= 0.6 is 0 Å². The Kier molecular flexibility index (Phi) is 5.21. The fourth-order valence-electron chi connectivity index (χ4n) is 3.41. The highest BCUT2D eigenvalue weighted by Crippen LogP contribution is 2.22. The first-order chi connectivity index (χ1) is 12.4. The van der Waals surface area contributed by atoms with Gasteiger partial charge in [0, 0.05) is 39.0 Å². The smallest absolute Gasteiger partial charge is 0.332 e. The van der Waals surface area contributed by atoms with Gasteiger partial charge in [-0.15, -0.1) is 0 Å². The van der Waals surface area contributed by atoms with Crippen molar-refractivity contribution in [2.45, 2.75) is 37.9 Å². The fourth-order valence-corrected chi connectivity index (χ4v) is 3.41. The van der Waals surface area contributed by atoms with Gasteiger partial charge in [0.15, 0.2) is 6.10 Å². The topological polar surface area (TPSA) is 125 Å². The zero-order valence-corrected chi connectivity index (χ0v) is 14.3. The number of amides is 4. The third kappa shape index (κ3) is 3.69. The highest BCUT2D eigenvalue weighted by atomic mass is 16.5. The van der Waals surface area contributed by atoms with Crippen LogP contribution in [-0.4, -0.2) is 94.3 Å². The molecule has 3 aliphatic rings. The van der Waals surface area contributed by atoms with E-state index in [1.165, 1.54) is 4.90 Å². The van der Waals surface area contributed by atoms with Gasteiger partial charge in [-0.3, -0.25) is 24.1 Å². The molecule has 26 heavy (non-hydrogen) atoms. The fraction of sp³-hybridized carbons (Fsp3) is 0.688. The van der Waals surface area contributed by atoms with Crippen molar-refractivity contribution in [3.05, 3.63) is 0 Å². The summed E-state index contributed by atoms with van der Waals surface area (Å²) < 4.78 is 5.27. The molecule has 0 radical (unpaired) electrons. The van der Waals surface area contributed by atoms with Gasteiger partial charge in [-0.25, -0.2) is 4.79 Å². The molecule has 0 aromatic carbocycles. The number of aliphatic carboxylic acids is 1. The molecule has 3 saturated heterocycles. The van der Waals surface area contributed by atoms with E-state index in [-0.39, 0.29) is 43.0 Å². The first-order valence-electron chi connectivity index (χ1n) is 8.65. The van der Waals surface area contributed by atoms with Gasteiger partial charge in [-0.05, 0) is 12.8 Å². The van der Waals surface area contributed by atoms with Crippen LogP contribution in [0.4, 0.5) is 0 Å². The quantitative estimate of drug-likeness (QED) is 0.596. The van der Waals surface area contributed by atoms with Crippen molar-refractivity contribution in [3.8, 4) is 0 Å². The molecule has 1 N–H and O–H groups in total. The van der Waals surface area contributed by atoms with Crippen LogP contribution in [0.25, 0.3) is 0 Å². The molecule has 10 nitrogen and oxygen atoms in total. The number of carboxylic acids is 1. The average Bonchev–Trinajstić information content (AvgIpc) is 3.24. The molecule has 2 atom stereocenters. The summed E-state index contributed by atoms with van der Waals surface area (Å²) in [5, 5.41) is 8.93. The predicted molar refractivity (Wildman–Crippen MR) is 84.6 cm³/mol. The van der Waals surface area contributed by atoms with Crippen molar-refractivity contribution in [2.24, 2.45) is 0 Å². The number of hydrogen-bond acceptors (Lipinski definition) is 6. The number of carboxylic acid groups (broad SMARTS) is 1. The monoisotopic (exact) mass is 367 g/mol. The standard InChI is InChI=1S/C16H21N3O7/c20-12-3-4-13(21)19(12)9-14(22)17-5-7-18(8-6-17)15(23)10-1-2-11(26-10)16(24)25/h10-11H,1-9H2,(H,24,25)/t10-,11+/m0/s1. The molecular weight excluding hydrogens is 346 g/mol. The molecule has 0 unspecified atom stereocenters. The number of ether oxygens (including phenoxy) is 1. The Morgan fingerprint density at radius 3 is 2.00 bits per heavy atom. The molecule has 142 valence electrons. The van der Waals surface area contributed by atoms with Gasteiger partial charge in [0.25, 0.3) is 5.91 Å². The van der Waals surface area contributed by atoms with Crippen LogP contribution in [0, 0.1) is 0 Å². The first kappa shape index (κ1) is 18.3. The van der Waals surface area contributed by atoms with Gasteiger partial charge in [0.1, 0.15) is 12.6 Å². The summed E-state index contributed by atoms with van der Waals surface area (Å²) in [6.07, 6.45) is -0.725. The average molecular weight is 367 g/mol. The zero-order valence-electron chi connectivity index (χ0n) is 14.3. The molecule has 3 heterocycles. The van der Waals surface area contributed by atoms with Crippen LogP contribution in [0.2, 0.25) is 0 Å². The lowest BCUT2D eigenvalue weighted by Crippen LogP contribution is -2.54. The van der Waals surface area contributed by atoms with E-state index in [1.807, 2.05) is 0 Å². The molecule has 10 heteroatoms.